The van der Waals surface area contributed by atoms with Gasteiger partial charge in [-0.05, 0) is 14.1 Å². The predicted molar refractivity (Wildman–Crippen MR) is 62.2 cm³/mol. The van der Waals surface area contributed by atoms with Gasteiger partial charge >= 0.3 is 0 Å². The number of rotatable bonds is 6. The molecule has 5 heteroatoms. The molecule has 1 amide bonds. The van der Waals surface area contributed by atoms with Crippen LogP contribution in [0.1, 0.15) is 12.8 Å². The third-order valence-electron chi connectivity index (χ3n) is 1.89. The summed E-state index contributed by atoms with van der Waals surface area (Å²) < 4.78 is 0. The van der Waals surface area contributed by atoms with Gasteiger partial charge in [0, 0.05) is 33.0 Å². The lowest BCUT2D eigenvalue weighted by Gasteiger charge is -2.18. The molecule has 0 fully saturated rings. The highest BCUT2D eigenvalue weighted by Gasteiger charge is 2.08. The molecule has 0 atom stereocenters. The molecule has 0 aliphatic heterocycles. The van der Waals surface area contributed by atoms with Crippen molar-refractivity contribution in [1.29, 1.82) is 0 Å². The molecule has 82 valence electrons. The normalized spacial score (nSPS) is 10.3. The van der Waals surface area contributed by atoms with Gasteiger partial charge in [-0.15, -0.1) is 0 Å². The summed E-state index contributed by atoms with van der Waals surface area (Å²) in [5, 5.41) is 0. The predicted octanol–water partition coefficient (Wildman–Crippen LogP) is 0.0727. The number of hydrogen-bond donors (Lipinski definition) is 1. The second-order valence-electron chi connectivity index (χ2n) is 3.58. The largest absolute Gasteiger partial charge is 0.393 e. The van der Waals surface area contributed by atoms with E-state index in [4.69, 9.17) is 18.0 Å². The second kappa shape index (κ2) is 6.73. The molecule has 14 heavy (non-hydrogen) atoms. The van der Waals surface area contributed by atoms with E-state index in [1.807, 2.05) is 19.0 Å². The van der Waals surface area contributed by atoms with Crippen LogP contribution in [0.3, 0.4) is 0 Å². The Hall–Kier alpha value is -0.680. The monoisotopic (exact) mass is 217 g/mol. The zero-order chi connectivity index (χ0) is 11.1. The van der Waals surface area contributed by atoms with Gasteiger partial charge in [0.05, 0.1) is 4.99 Å². The Bertz CT molecular complexity index is 206. The Morgan fingerprint density at radius 2 is 1.79 bits per heavy atom. The Morgan fingerprint density at radius 1 is 1.21 bits per heavy atom. The van der Waals surface area contributed by atoms with Crippen LogP contribution in [-0.4, -0.2) is 54.9 Å². The first-order valence-corrected chi connectivity index (χ1v) is 5.01. The average molecular weight is 217 g/mol. The molecule has 0 unspecified atom stereocenters. The fourth-order valence-electron chi connectivity index (χ4n) is 0.913. The molecule has 0 rings (SSSR count). The fraction of sp³-hybridized carbons (Fsp3) is 0.778. The molecule has 0 aliphatic carbocycles. The number of nitrogens with two attached hydrogens (primary N) is 1. The van der Waals surface area contributed by atoms with Crippen LogP contribution in [-0.2, 0) is 4.79 Å². The molecular formula is C9H19N3OS. The summed E-state index contributed by atoms with van der Waals surface area (Å²) in [5.74, 6) is 0.134. The van der Waals surface area contributed by atoms with Crippen molar-refractivity contribution >= 4 is 23.1 Å². The van der Waals surface area contributed by atoms with Crippen LogP contribution in [0.5, 0.6) is 0 Å². The van der Waals surface area contributed by atoms with Crippen molar-refractivity contribution in [3.05, 3.63) is 0 Å². The lowest BCUT2D eigenvalue weighted by Crippen LogP contribution is -2.32. The summed E-state index contributed by atoms with van der Waals surface area (Å²) in [6.45, 7) is 1.39. The van der Waals surface area contributed by atoms with E-state index < -0.39 is 0 Å². The molecule has 0 heterocycles. The Morgan fingerprint density at radius 3 is 2.21 bits per heavy atom. The van der Waals surface area contributed by atoms with Crippen LogP contribution in [0.2, 0.25) is 0 Å². The summed E-state index contributed by atoms with van der Waals surface area (Å²) >= 11 is 4.74. The molecular weight excluding hydrogens is 198 g/mol. The summed E-state index contributed by atoms with van der Waals surface area (Å²) in [5.41, 5.74) is 5.35. The average Bonchev–Trinajstić information content (AvgIpc) is 2.09. The van der Waals surface area contributed by atoms with Gasteiger partial charge in [-0.2, -0.15) is 0 Å². The van der Waals surface area contributed by atoms with Gasteiger partial charge < -0.3 is 15.5 Å². The van der Waals surface area contributed by atoms with Crippen molar-refractivity contribution in [2.75, 3.05) is 34.2 Å². The lowest BCUT2D eigenvalue weighted by molar-refractivity contribution is -0.130. The summed E-state index contributed by atoms with van der Waals surface area (Å²) in [4.78, 5) is 15.6. The number of thiocarbonyl (C=S) groups is 1. The van der Waals surface area contributed by atoms with E-state index in [9.17, 15) is 4.79 Å². The van der Waals surface area contributed by atoms with Crippen molar-refractivity contribution < 1.29 is 4.79 Å². The Labute approximate surface area is 91.0 Å². The molecule has 0 aromatic rings. The number of nitrogens with zero attached hydrogens (tertiary/aromatic N) is 2. The zero-order valence-electron chi connectivity index (χ0n) is 9.12. The zero-order valence-corrected chi connectivity index (χ0v) is 9.93. The van der Waals surface area contributed by atoms with Crippen LogP contribution in [0.15, 0.2) is 0 Å². The van der Waals surface area contributed by atoms with Crippen molar-refractivity contribution in [3.8, 4) is 0 Å². The molecule has 0 bridgehead atoms. The van der Waals surface area contributed by atoms with Crippen molar-refractivity contribution in [3.63, 3.8) is 0 Å². The smallest absolute Gasteiger partial charge is 0.223 e. The molecule has 2 N–H and O–H groups in total. The second-order valence-corrected chi connectivity index (χ2v) is 4.11. The van der Waals surface area contributed by atoms with Gasteiger partial charge in [-0.1, -0.05) is 12.2 Å². The molecule has 0 aromatic heterocycles. The van der Waals surface area contributed by atoms with Crippen molar-refractivity contribution in [2.24, 2.45) is 5.73 Å². The van der Waals surface area contributed by atoms with Crippen molar-refractivity contribution in [1.82, 2.24) is 9.80 Å². The summed E-state index contributed by atoms with van der Waals surface area (Å²) in [6, 6.07) is 0. The van der Waals surface area contributed by atoms with Gasteiger partial charge in [0.15, 0.2) is 0 Å². The first-order chi connectivity index (χ1) is 6.43. The molecule has 0 radical (unpaired) electrons. The lowest BCUT2D eigenvalue weighted by atomic mass is 10.3. The van der Waals surface area contributed by atoms with Gasteiger partial charge in [-0.3, -0.25) is 4.79 Å². The van der Waals surface area contributed by atoms with Crippen LogP contribution in [0.25, 0.3) is 0 Å². The quantitative estimate of drug-likeness (QED) is 0.640. The third-order valence-corrected chi connectivity index (χ3v) is 2.10. The highest BCUT2D eigenvalue weighted by Crippen LogP contribution is 1.94. The summed E-state index contributed by atoms with van der Waals surface area (Å²) in [7, 11) is 5.67. The first-order valence-electron chi connectivity index (χ1n) is 4.60. The van der Waals surface area contributed by atoms with E-state index in [-0.39, 0.29) is 5.91 Å². The maximum atomic E-state index is 11.5. The minimum absolute atomic E-state index is 0.134. The van der Waals surface area contributed by atoms with Crippen LogP contribution in [0, 0.1) is 0 Å². The maximum absolute atomic E-state index is 11.5. The highest BCUT2D eigenvalue weighted by atomic mass is 32.1. The number of hydrogen-bond acceptors (Lipinski definition) is 3. The van der Waals surface area contributed by atoms with Gasteiger partial charge in [0.2, 0.25) is 5.91 Å². The van der Waals surface area contributed by atoms with Crippen LogP contribution < -0.4 is 5.73 Å². The molecule has 0 aliphatic rings. The van der Waals surface area contributed by atoms with Gasteiger partial charge in [-0.25, -0.2) is 0 Å². The van der Waals surface area contributed by atoms with E-state index in [0.29, 0.717) is 24.4 Å². The first kappa shape index (κ1) is 13.3. The van der Waals surface area contributed by atoms with E-state index in [0.717, 1.165) is 6.54 Å². The van der Waals surface area contributed by atoms with Gasteiger partial charge in [0.1, 0.15) is 0 Å². The number of carbonyl (C=O) groups excluding carboxylic acids is 1. The fourth-order valence-corrected chi connectivity index (χ4v) is 1.00. The van der Waals surface area contributed by atoms with E-state index in [1.54, 1.807) is 11.9 Å². The topological polar surface area (TPSA) is 49.6 Å². The number of carbonyl (C=O) groups is 1. The van der Waals surface area contributed by atoms with E-state index in [1.165, 1.54) is 0 Å². The van der Waals surface area contributed by atoms with Gasteiger partial charge in [0.25, 0.3) is 0 Å². The molecule has 0 aromatic carbocycles. The van der Waals surface area contributed by atoms with E-state index in [2.05, 4.69) is 0 Å². The maximum Gasteiger partial charge on any atom is 0.223 e. The van der Waals surface area contributed by atoms with Crippen molar-refractivity contribution in [2.45, 2.75) is 12.8 Å². The highest BCUT2D eigenvalue weighted by molar-refractivity contribution is 7.80. The molecule has 0 saturated heterocycles. The van der Waals surface area contributed by atoms with E-state index >= 15 is 0 Å². The minimum Gasteiger partial charge on any atom is -0.393 e. The Balaban J connectivity index is 3.70. The Kier molecular flexibility index (Phi) is 6.40. The molecule has 0 spiro atoms. The minimum atomic E-state index is 0.134. The molecule has 0 saturated carbocycles. The van der Waals surface area contributed by atoms with Crippen LogP contribution in [0.4, 0.5) is 0 Å². The molecule has 4 nitrogen and oxygen atoms in total. The third kappa shape index (κ3) is 6.80. The SMILES string of the molecule is CN(C)CCC(=O)N(C)CCC(N)=S. The summed E-state index contributed by atoms with van der Waals surface area (Å²) in [6.07, 6.45) is 1.14. The standard InChI is InChI=1S/C9H19N3OS/c1-11(2)6-5-9(13)12(3)7-4-8(10)14/h4-7H2,1-3H3,(H2,10,14). The van der Waals surface area contributed by atoms with Crippen LogP contribution >= 0.6 is 12.2 Å². The number of amides is 1.